The van der Waals surface area contributed by atoms with Gasteiger partial charge in [0, 0.05) is 56.2 Å². The van der Waals surface area contributed by atoms with Crippen LogP contribution in [0.15, 0.2) is 23.3 Å². The Hall–Kier alpha value is -1.13. The van der Waals surface area contributed by atoms with Crippen molar-refractivity contribution in [2.75, 3.05) is 19.7 Å². The molecule has 76 valence electrons. The highest BCUT2D eigenvalue weighted by molar-refractivity contribution is 5.09. The van der Waals surface area contributed by atoms with E-state index in [4.69, 9.17) is 5.11 Å². The smallest absolute Gasteiger partial charge is 0.186 e. The molecule has 4 heteroatoms. The molecule has 1 fully saturated rings. The molecule has 1 aromatic heterocycles. The van der Waals surface area contributed by atoms with Crippen LogP contribution in [0.1, 0.15) is 5.56 Å². The van der Waals surface area contributed by atoms with Gasteiger partial charge in [0.25, 0.3) is 0 Å². The van der Waals surface area contributed by atoms with Crippen molar-refractivity contribution in [2.45, 2.75) is 6.54 Å². The fourth-order valence-corrected chi connectivity index (χ4v) is 1.74. The third-order valence-corrected chi connectivity index (χ3v) is 2.59. The predicted octanol–water partition coefficient (Wildman–Crippen LogP) is -0.201. The van der Waals surface area contributed by atoms with Crippen molar-refractivity contribution >= 4 is 0 Å². The zero-order valence-corrected chi connectivity index (χ0v) is 7.94. The summed E-state index contributed by atoms with van der Waals surface area (Å²) in [5.74, 6) is 0.401. The molecule has 2 heterocycles. The number of H-pyrrole nitrogens is 1. The van der Waals surface area contributed by atoms with E-state index in [0.29, 0.717) is 12.5 Å². The number of likely N-dealkylation sites (tertiary alicyclic amines) is 1. The third-order valence-electron chi connectivity index (χ3n) is 2.59. The lowest BCUT2D eigenvalue weighted by Crippen LogP contribution is -2.48. The molecule has 1 aromatic rings. The topological polar surface area (TPSA) is 56.3 Å². The number of aromatic nitrogens is 1. The molecule has 0 radical (unpaired) electrons. The van der Waals surface area contributed by atoms with Gasteiger partial charge in [-0.2, -0.15) is 0 Å². The van der Waals surface area contributed by atoms with Crippen molar-refractivity contribution in [1.82, 2.24) is 9.88 Å². The molecular weight excluding hydrogens is 180 g/mol. The minimum Gasteiger partial charge on any atom is -0.396 e. The van der Waals surface area contributed by atoms with E-state index < -0.39 is 0 Å². The molecule has 2 rings (SSSR count). The van der Waals surface area contributed by atoms with Gasteiger partial charge in [-0.1, -0.05) is 0 Å². The first-order chi connectivity index (χ1) is 6.79. The monoisotopic (exact) mass is 194 g/mol. The molecule has 0 bridgehead atoms. The molecule has 0 saturated carbocycles. The Bertz CT molecular complexity index is 355. The van der Waals surface area contributed by atoms with Gasteiger partial charge < -0.3 is 10.1 Å². The molecule has 4 nitrogen and oxygen atoms in total. The number of pyridine rings is 1. The second kappa shape index (κ2) is 3.94. The van der Waals surface area contributed by atoms with Gasteiger partial charge in [-0.25, -0.2) is 0 Å². The van der Waals surface area contributed by atoms with E-state index in [0.717, 1.165) is 18.7 Å². The van der Waals surface area contributed by atoms with Crippen LogP contribution in [0.5, 0.6) is 0 Å². The molecule has 2 N–H and O–H groups in total. The average molecular weight is 194 g/mol. The highest BCUT2D eigenvalue weighted by Gasteiger charge is 2.25. The number of hydrogen-bond acceptors (Lipinski definition) is 3. The van der Waals surface area contributed by atoms with E-state index in [9.17, 15) is 4.79 Å². The number of aliphatic hydroxyl groups excluding tert-OH is 1. The fourth-order valence-electron chi connectivity index (χ4n) is 1.74. The Kier molecular flexibility index (Phi) is 2.65. The summed E-state index contributed by atoms with van der Waals surface area (Å²) in [6.07, 6.45) is 3.38. The minimum atomic E-state index is 0.0798. The Morgan fingerprint density at radius 1 is 1.57 bits per heavy atom. The summed E-state index contributed by atoms with van der Waals surface area (Å²) < 4.78 is 0. The van der Waals surface area contributed by atoms with Crippen LogP contribution in [0, 0.1) is 5.92 Å². The highest BCUT2D eigenvalue weighted by Crippen LogP contribution is 2.16. The van der Waals surface area contributed by atoms with Crippen LogP contribution in [0.25, 0.3) is 0 Å². The van der Waals surface area contributed by atoms with Gasteiger partial charge in [0.2, 0.25) is 0 Å². The lowest BCUT2D eigenvalue weighted by Gasteiger charge is -2.37. The van der Waals surface area contributed by atoms with Crippen molar-refractivity contribution in [1.29, 1.82) is 0 Å². The first-order valence-corrected chi connectivity index (χ1v) is 4.79. The standard InChI is InChI=1S/C10H14N2O2/c13-7-8-4-12(5-8)6-9-3-11-2-1-10(9)14/h1-3,8,13H,4-7H2,(H,11,14). The Morgan fingerprint density at radius 2 is 2.36 bits per heavy atom. The van der Waals surface area contributed by atoms with Crippen LogP contribution < -0.4 is 5.43 Å². The van der Waals surface area contributed by atoms with Gasteiger partial charge in [-0.05, 0) is 0 Å². The van der Waals surface area contributed by atoms with E-state index in [1.54, 1.807) is 18.5 Å². The Balaban J connectivity index is 1.93. The first kappa shape index (κ1) is 9.43. The molecule has 0 amide bonds. The molecule has 0 atom stereocenters. The quantitative estimate of drug-likeness (QED) is 0.700. The van der Waals surface area contributed by atoms with Crippen LogP contribution in [-0.2, 0) is 6.54 Å². The molecule has 0 aromatic carbocycles. The van der Waals surface area contributed by atoms with E-state index in [2.05, 4.69) is 9.88 Å². The number of aliphatic hydroxyl groups is 1. The number of nitrogens with zero attached hydrogens (tertiary/aromatic N) is 1. The summed E-state index contributed by atoms with van der Waals surface area (Å²) in [5, 5.41) is 8.83. The fraction of sp³-hybridized carbons (Fsp3) is 0.500. The lowest BCUT2D eigenvalue weighted by atomic mass is 10.0. The summed E-state index contributed by atoms with van der Waals surface area (Å²) in [4.78, 5) is 16.4. The number of nitrogens with one attached hydrogen (secondary N) is 1. The number of aromatic amines is 1. The van der Waals surface area contributed by atoms with Crippen molar-refractivity contribution in [3.63, 3.8) is 0 Å². The maximum absolute atomic E-state index is 11.3. The van der Waals surface area contributed by atoms with Crippen LogP contribution in [-0.4, -0.2) is 34.7 Å². The summed E-state index contributed by atoms with van der Waals surface area (Å²) in [5.41, 5.74) is 0.875. The maximum Gasteiger partial charge on any atom is 0.186 e. The summed E-state index contributed by atoms with van der Waals surface area (Å²) in [6, 6.07) is 1.54. The zero-order chi connectivity index (χ0) is 9.97. The van der Waals surface area contributed by atoms with Crippen molar-refractivity contribution in [3.8, 4) is 0 Å². The zero-order valence-electron chi connectivity index (χ0n) is 7.94. The molecule has 1 aliphatic heterocycles. The molecule has 1 saturated heterocycles. The predicted molar refractivity (Wildman–Crippen MR) is 52.9 cm³/mol. The molecular formula is C10H14N2O2. The van der Waals surface area contributed by atoms with Crippen LogP contribution >= 0.6 is 0 Å². The van der Waals surface area contributed by atoms with Gasteiger partial charge in [0.05, 0.1) is 0 Å². The van der Waals surface area contributed by atoms with E-state index in [1.165, 1.54) is 0 Å². The summed E-state index contributed by atoms with van der Waals surface area (Å²) >= 11 is 0. The molecule has 0 spiro atoms. The van der Waals surface area contributed by atoms with E-state index in [-0.39, 0.29) is 12.0 Å². The average Bonchev–Trinajstić information content (AvgIpc) is 2.13. The lowest BCUT2D eigenvalue weighted by molar-refractivity contribution is 0.0476. The van der Waals surface area contributed by atoms with E-state index in [1.807, 2.05) is 0 Å². The van der Waals surface area contributed by atoms with Gasteiger partial charge >= 0.3 is 0 Å². The van der Waals surface area contributed by atoms with Gasteiger partial charge in [0.15, 0.2) is 5.43 Å². The van der Waals surface area contributed by atoms with Gasteiger partial charge in [-0.15, -0.1) is 0 Å². The van der Waals surface area contributed by atoms with Crippen LogP contribution in [0.4, 0.5) is 0 Å². The first-order valence-electron chi connectivity index (χ1n) is 4.79. The highest BCUT2D eigenvalue weighted by atomic mass is 16.3. The molecule has 0 aliphatic carbocycles. The SMILES string of the molecule is O=c1cc[nH]cc1CN1CC(CO)C1. The third kappa shape index (κ3) is 1.86. The second-order valence-corrected chi connectivity index (χ2v) is 3.78. The number of hydrogen-bond donors (Lipinski definition) is 2. The largest absolute Gasteiger partial charge is 0.396 e. The summed E-state index contributed by atoms with van der Waals surface area (Å²) in [6.45, 7) is 2.73. The number of rotatable bonds is 3. The second-order valence-electron chi connectivity index (χ2n) is 3.78. The molecule has 0 unspecified atom stereocenters. The minimum absolute atomic E-state index is 0.0798. The van der Waals surface area contributed by atoms with Crippen molar-refractivity contribution in [3.05, 3.63) is 34.2 Å². The normalized spacial score (nSPS) is 18.1. The Morgan fingerprint density at radius 3 is 3.00 bits per heavy atom. The Labute approximate surface area is 82.2 Å². The summed E-state index contributed by atoms with van der Waals surface area (Å²) in [7, 11) is 0. The molecule has 14 heavy (non-hydrogen) atoms. The van der Waals surface area contributed by atoms with Crippen molar-refractivity contribution < 1.29 is 5.11 Å². The van der Waals surface area contributed by atoms with Crippen LogP contribution in [0.3, 0.4) is 0 Å². The van der Waals surface area contributed by atoms with E-state index >= 15 is 0 Å². The van der Waals surface area contributed by atoms with Gasteiger partial charge in [0.1, 0.15) is 0 Å². The van der Waals surface area contributed by atoms with Gasteiger partial charge in [-0.3, -0.25) is 9.69 Å². The van der Waals surface area contributed by atoms with Crippen molar-refractivity contribution in [2.24, 2.45) is 5.92 Å². The molecule has 1 aliphatic rings. The van der Waals surface area contributed by atoms with Crippen LogP contribution in [0.2, 0.25) is 0 Å². The maximum atomic E-state index is 11.3.